The molecule has 0 amide bonds. The Morgan fingerprint density at radius 3 is 2.69 bits per heavy atom. The minimum atomic E-state index is 0.166. The van der Waals surface area contributed by atoms with E-state index in [1.54, 1.807) is 0 Å². The van der Waals surface area contributed by atoms with Crippen molar-refractivity contribution in [3.05, 3.63) is 23.8 Å². The third-order valence-corrected chi connectivity index (χ3v) is 3.44. The molecule has 0 saturated heterocycles. The second-order valence-corrected chi connectivity index (χ2v) is 4.43. The van der Waals surface area contributed by atoms with Crippen molar-refractivity contribution in [2.45, 2.75) is 33.6 Å². The Morgan fingerprint density at radius 2 is 2.23 bits per heavy atom. The van der Waals surface area contributed by atoms with Gasteiger partial charge in [0.1, 0.15) is 0 Å². The predicted octanol–water partition coefficient (Wildman–Crippen LogP) is 2.92. The third-order valence-electron chi connectivity index (χ3n) is 3.44. The number of allylic oxidation sites excluding steroid dienone is 3. The lowest BCUT2D eigenvalue weighted by Crippen LogP contribution is -2.19. The zero-order chi connectivity index (χ0) is 9.90. The Bertz CT molecular complexity index is 223. The largest absolute Gasteiger partial charge is 0.392 e. The highest BCUT2D eigenvalue weighted by molar-refractivity contribution is 5.18. The van der Waals surface area contributed by atoms with Gasteiger partial charge in [-0.05, 0) is 31.1 Å². The summed E-state index contributed by atoms with van der Waals surface area (Å²) in [6, 6.07) is 0. The molecular weight excluding hydrogens is 160 g/mol. The summed E-state index contributed by atoms with van der Waals surface area (Å²) >= 11 is 0. The van der Waals surface area contributed by atoms with E-state index in [0.29, 0.717) is 5.41 Å². The summed E-state index contributed by atoms with van der Waals surface area (Å²) in [5.41, 5.74) is 1.86. The van der Waals surface area contributed by atoms with E-state index >= 15 is 0 Å². The first kappa shape index (κ1) is 10.5. The van der Waals surface area contributed by atoms with Crippen LogP contribution in [-0.2, 0) is 0 Å². The van der Waals surface area contributed by atoms with Crippen molar-refractivity contribution in [2.75, 3.05) is 6.61 Å². The Labute approximate surface area is 81.2 Å². The number of hydrogen-bond acceptors (Lipinski definition) is 1. The van der Waals surface area contributed by atoms with Crippen LogP contribution in [0, 0.1) is 11.3 Å². The SMILES string of the molecule is CC1=CC[C@@H](C/C=C/CO)C1(C)C. The molecule has 1 rings (SSSR count). The van der Waals surface area contributed by atoms with Crippen LogP contribution in [0.1, 0.15) is 33.6 Å². The van der Waals surface area contributed by atoms with E-state index in [4.69, 9.17) is 5.11 Å². The molecule has 0 aromatic rings. The van der Waals surface area contributed by atoms with Gasteiger partial charge in [0.2, 0.25) is 0 Å². The summed E-state index contributed by atoms with van der Waals surface area (Å²) in [5.74, 6) is 0.718. The average molecular weight is 180 g/mol. The summed E-state index contributed by atoms with van der Waals surface area (Å²) in [6.07, 6.45) is 8.55. The highest BCUT2D eigenvalue weighted by Crippen LogP contribution is 2.44. The molecule has 0 spiro atoms. The fraction of sp³-hybridized carbons (Fsp3) is 0.667. The molecule has 0 fully saturated rings. The van der Waals surface area contributed by atoms with E-state index in [1.807, 2.05) is 6.08 Å². The molecule has 0 heterocycles. The van der Waals surface area contributed by atoms with Crippen LogP contribution in [0.5, 0.6) is 0 Å². The van der Waals surface area contributed by atoms with Gasteiger partial charge >= 0.3 is 0 Å². The van der Waals surface area contributed by atoms with Gasteiger partial charge in [-0.3, -0.25) is 0 Å². The van der Waals surface area contributed by atoms with Crippen molar-refractivity contribution >= 4 is 0 Å². The Morgan fingerprint density at radius 1 is 1.54 bits per heavy atom. The second-order valence-electron chi connectivity index (χ2n) is 4.43. The zero-order valence-corrected chi connectivity index (χ0v) is 8.88. The first-order valence-corrected chi connectivity index (χ1v) is 5.02. The van der Waals surface area contributed by atoms with Crippen LogP contribution >= 0.6 is 0 Å². The molecule has 1 N–H and O–H groups in total. The van der Waals surface area contributed by atoms with Crippen molar-refractivity contribution in [3.8, 4) is 0 Å². The lowest BCUT2D eigenvalue weighted by molar-refractivity contribution is 0.293. The van der Waals surface area contributed by atoms with Gasteiger partial charge in [-0.15, -0.1) is 0 Å². The van der Waals surface area contributed by atoms with Crippen molar-refractivity contribution in [2.24, 2.45) is 11.3 Å². The monoisotopic (exact) mass is 180 g/mol. The summed E-state index contributed by atoms with van der Waals surface area (Å²) < 4.78 is 0. The van der Waals surface area contributed by atoms with E-state index in [0.717, 1.165) is 12.3 Å². The second kappa shape index (κ2) is 4.10. The number of aliphatic hydroxyl groups is 1. The van der Waals surface area contributed by atoms with Crippen LogP contribution < -0.4 is 0 Å². The molecule has 1 heteroatoms. The molecule has 1 nitrogen and oxygen atoms in total. The highest BCUT2D eigenvalue weighted by Gasteiger charge is 2.33. The smallest absolute Gasteiger partial charge is 0.0612 e. The molecule has 0 unspecified atom stereocenters. The maximum absolute atomic E-state index is 8.62. The minimum Gasteiger partial charge on any atom is -0.392 e. The highest BCUT2D eigenvalue weighted by atomic mass is 16.2. The average Bonchev–Trinajstić information content (AvgIpc) is 2.32. The molecule has 1 atom stereocenters. The van der Waals surface area contributed by atoms with Crippen molar-refractivity contribution in [1.29, 1.82) is 0 Å². The number of hydrogen-bond donors (Lipinski definition) is 1. The quantitative estimate of drug-likeness (QED) is 0.662. The van der Waals surface area contributed by atoms with Crippen molar-refractivity contribution < 1.29 is 5.11 Å². The molecular formula is C12H20O. The summed E-state index contributed by atoms with van der Waals surface area (Å²) in [7, 11) is 0. The molecule has 13 heavy (non-hydrogen) atoms. The van der Waals surface area contributed by atoms with Crippen molar-refractivity contribution in [1.82, 2.24) is 0 Å². The minimum absolute atomic E-state index is 0.166. The van der Waals surface area contributed by atoms with Gasteiger partial charge in [0, 0.05) is 0 Å². The van der Waals surface area contributed by atoms with Crippen LogP contribution in [0.15, 0.2) is 23.8 Å². The predicted molar refractivity (Wildman–Crippen MR) is 56.5 cm³/mol. The van der Waals surface area contributed by atoms with E-state index < -0.39 is 0 Å². The molecule has 0 radical (unpaired) electrons. The molecule has 74 valence electrons. The standard InChI is InChI=1S/C12H20O/c1-10-7-8-11(12(10,2)3)6-4-5-9-13/h4-5,7,11,13H,6,8-9H2,1-3H3/b5-4+/t11-/m1/s1. The normalized spacial score (nSPS) is 26.8. The third kappa shape index (κ3) is 2.22. The van der Waals surface area contributed by atoms with E-state index in [-0.39, 0.29) is 6.61 Å². The maximum Gasteiger partial charge on any atom is 0.0612 e. The van der Waals surface area contributed by atoms with Crippen LogP contribution in [-0.4, -0.2) is 11.7 Å². The van der Waals surface area contributed by atoms with E-state index in [1.165, 1.54) is 12.0 Å². The molecule has 0 aromatic heterocycles. The Hall–Kier alpha value is -0.560. The fourth-order valence-corrected chi connectivity index (χ4v) is 1.92. The Balaban J connectivity index is 2.51. The van der Waals surface area contributed by atoms with Gasteiger partial charge in [0.15, 0.2) is 0 Å². The van der Waals surface area contributed by atoms with Gasteiger partial charge in [-0.1, -0.05) is 37.6 Å². The van der Waals surface area contributed by atoms with Gasteiger partial charge in [0.25, 0.3) is 0 Å². The lowest BCUT2D eigenvalue weighted by Gasteiger charge is -2.28. The van der Waals surface area contributed by atoms with Crippen LogP contribution in [0.3, 0.4) is 0 Å². The van der Waals surface area contributed by atoms with Crippen LogP contribution in [0.2, 0.25) is 0 Å². The molecule has 1 aliphatic rings. The summed E-state index contributed by atoms with van der Waals surface area (Å²) in [4.78, 5) is 0. The molecule has 1 aliphatic carbocycles. The zero-order valence-electron chi connectivity index (χ0n) is 8.88. The van der Waals surface area contributed by atoms with Gasteiger partial charge in [-0.25, -0.2) is 0 Å². The van der Waals surface area contributed by atoms with Gasteiger partial charge in [0.05, 0.1) is 6.61 Å². The topological polar surface area (TPSA) is 20.2 Å². The first-order valence-electron chi connectivity index (χ1n) is 5.02. The van der Waals surface area contributed by atoms with E-state index in [2.05, 4.69) is 32.9 Å². The van der Waals surface area contributed by atoms with Crippen molar-refractivity contribution in [3.63, 3.8) is 0 Å². The van der Waals surface area contributed by atoms with Crippen LogP contribution in [0.4, 0.5) is 0 Å². The Kier molecular flexibility index (Phi) is 3.32. The van der Waals surface area contributed by atoms with Gasteiger partial charge in [-0.2, -0.15) is 0 Å². The molecule has 0 aliphatic heterocycles. The van der Waals surface area contributed by atoms with Crippen LogP contribution in [0.25, 0.3) is 0 Å². The summed E-state index contributed by atoms with van der Waals surface area (Å²) in [6.45, 7) is 7.00. The number of rotatable bonds is 3. The van der Waals surface area contributed by atoms with Gasteiger partial charge < -0.3 is 5.11 Å². The molecule has 0 saturated carbocycles. The maximum atomic E-state index is 8.62. The van der Waals surface area contributed by atoms with E-state index in [9.17, 15) is 0 Å². The molecule has 0 bridgehead atoms. The fourth-order valence-electron chi connectivity index (χ4n) is 1.92. The lowest BCUT2D eigenvalue weighted by atomic mass is 9.76. The summed E-state index contributed by atoms with van der Waals surface area (Å²) in [5, 5.41) is 8.62. The number of aliphatic hydroxyl groups excluding tert-OH is 1. The molecule has 0 aromatic carbocycles. The first-order chi connectivity index (χ1) is 6.09.